The summed E-state index contributed by atoms with van der Waals surface area (Å²) in [5, 5.41) is 0. The van der Waals surface area contributed by atoms with Gasteiger partial charge in [-0.25, -0.2) is 8.42 Å². The third-order valence-corrected chi connectivity index (χ3v) is 5.62. The van der Waals surface area contributed by atoms with Crippen LogP contribution >= 0.6 is 15.9 Å². The van der Waals surface area contributed by atoms with Gasteiger partial charge in [0.1, 0.15) is 0 Å². The molecule has 1 aromatic carbocycles. The third kappa shape index (κ3) is 3.64. The molecule has 1 heterocycles. The summed E-state index contributed by atoms with van der Waals surface area (Å²) < 4.78 is 71.4. The molecule has 2 atom stereocenters. The number of benzene rings is 1. The van der Waals surface area contributed by atoms with Gasteiger partial charge in [0.05, 0.1) is 22.7 Å². The molecule has 22 heavy (non-hydrogen) atoms. The van der Waals surface area contributed by atoms with Gasteiger partial charge >= 0.3 is 6.18 Å². The average molecular weight is 402 g/mol. The standard InChI is InChI=1S/C13H15BrF3NO3S/c1-8-6-18(7-9(2)21-8)22(19,20)12-5-10(14)3-4-11(12)13(15,16)17/h3-5,8-9H,6-7H2,1-2H3/t8-,9+. The summed E-state index contributed by atoms with van der Waals surface area (Å²) >= 11 is 3.03. The van der Waals surface area contributed by atoms with Crippen LogP contribution in [0.15, 0.2) is 27.6 Å². The summed E-state index contributed by atoms with van der Waals surface area (Å²) in [6.45, 7) is 3.42. The van der Waals surface area contributed by atoms with E-state index < -0.39 is 26.7 Å². The molecule has 0 spiro atoms. The first kappa shape index (κ1) is 17.7. The van der Waals surface area contributed by atoms with Crippen LogP contribution in [0.5, 0.6) is 0 Å². The summed E-state index contributed by atoms with van der Waals surface area (Å²) in [4.78, 5) is -0.740. The van der Waals surface area contributed by atoms with E-state index in [4.69, 9.17) is 4.74 Å². The SMILES string of the molecule is C[C@@H]1CN(S(=O)(=O)c2cc(Br)ccc2C(F)(F)F)C[C@H](C)O1. The zero-order valence-corrected chi connectivity index (χ0v) is 14.3. The second-order valence-electron chi connectivity index (χ2n) is 5.22. The van der Waals surface area contributed by atoms with Gasteiger partial charge in [-0.15, -0.1) is 0 Å². The molecule has 124 valence electrons. The normalized spacial score (nSPS) is 24.5. The van der Waals surface area contributed by atoms with E-state index in [-0.39, 0.29) is 29.8 Å². The van der Waals surface area contributed by atoms with Crippen molar-refractivity contribution in [1.82, 2.24) is 4.31 Å². The van der Waals surface area contributed by atoms with E-state index in [1.165, 1.54) is 6.07 Å². The van der Waals surface area contributed by atoms with Crippen molar-refractivity contribution in [3.8, 4) is 0 Å². The number of morpholine rings is 1. The number of hydrogen-bond donors (Lipinski definition) is 0. The van der Waals surface area contributed by atoms with E-state index >= 15 is 0 Å². The molecule has 0 saturated carbocycles. The largest absolute Gasteiger partial charge is 0.417 e. The molecule has 0 aliphatic carbocycles. The van der Waals surface area contributed by atoms with Gasteiger partial charge < -0.3 is 4.74 Å². The predicted molar refractivity (Wildman–Crippen MR) is 77.9 cm³/mol. The molecule has 0 amide bonds. The van der Waals surface area contributed by atoms with Gasteiger partial charge in [0, 0.05) is 17.6 Å². The number of ether oxygens (including phenoxy) is 1. The van der Waals surface area contributed by atoms with E-state index in [2.05, 4.69) is 15.9 Å². The van der Waals surface area contributed by atoms with Gasteiger partial charge in [-0.1, -0.05) is 15.9 Å². The van der Waals surface area contributed by atoms with Crippen molar-refractivity contribution in [3.05, 3.63) is 28.2 Å². The minimum atomic E-state index is -4.74. The summed E-state index contributed by atoms with van der Waals surface area (Å²) in [5.74, 6) is 0. The lowest BCUT2D eigenvalue weighted by atomic mass is 10.2. The first-order valence-corrected chi connectivity index (χ1v) is 8.77. The van der Waals surface area contributed by atoms with Gasteiger partial charge in [0.15, 0.2) is 0 Å². The molecule has 0 unspecified atom stereocenters. The van der Waals surface area contributed by atoms with Crippen molar-refractivity contribution in [2.75, 3.05) is 13.1 Å². The maximum atomic E-state index is 13.1. The summed E-state index contributed by atoms with van der Waals surface area (Å²) in [6.07, 6.45) is -5.49. The molecule has 0 radical (unpaired) electrons. The smallest absolute Gasteiger partial charge is 0.373 e. The predicted octanol–water partition coefficient (Wildman–Crippen LogP) is 3.27. The number of rotatable bonds is 2. The van der Waals surface area contributed by atoms with Gasteiger partial charge in [-0.2, -0.15) is 17.5 Å². The Kier molecular flexibility index (Phi) is 4.91. The number of sulfonamides is 1. The van der Waals surface area contributed by atoms with E-state index in [1.54, 1.807) is 13.8 Å². The van der Waals surface area contributed by atoms with Crippen LogP contribution in [0.1, 0.15) is 19.4 Å². The molecule has 1 saturated heterocycles. The van der Waals surface area contributed by atoms with Crippen LogP contribution in [0.4, 0.5) is 13.2 Å². The van der Waals surface area contributed by atoms with Crippen molar-refractivity contribution >= 4 is 26.0 Å². The van der Waals surface area contributed by atoms with Crippen LogP contribution in [0.3, 0.4) is 0 Å². The second kappa shape index (κ2) is 6.10. The Bertz CT molecular complexity index is 653. The van der Waals surface area contributed by atoms with Crippen LogP contribution in [0.25, 0.3) is 0 Å². The van der Waals surface area contributed by atoms with E-state index in [0.29, 0.717) is 0 Å². The Morgan fingerprint density at radius 1 is 1.23 bits per heavy atom. The Labute approximate surface area is 135 Å². The van der Waals surface area contributed by atoms with Crippen LogP contribution in [0.2, 0.25) is 0 Å². The highest BCUT2D eigenvalue weighted by atomic mass is 79.9. The highest BCUT2D eigenvalue weighted by Crippen LogP contribution is 2.37. The fourth-order valence-electron chi connectivity index (χ4n) is 2.41. The molecule has 0 bridgehead atoms. The topological polar surface area (TPSA) is 46.6 Å². The molecule has 1 aliphatic rings. The number of halogens is 4. The van der Waals surface area contributed by atoms with Crippen molar-refractivity contribution in [3.63, 3.8) is 0 Å². The fraction of sp³-hybridized carbons (Fsp3) is 0.538. The van der Waals surface area contributed by atoms with Crippen LogP contribution in [0, 0.1) is 0 Å². The Morgan fingerprint density at radius 2 is 1.77 bits per heavy atom. The second-order valence-corrected chi connectivity index (χ2v) is 8.04. The lowest BCUT2D eigenvalue weighted by molar-refractivity contribution is -0.140. The van der Waals surface area contributed by atoms with Gasteiger partial charge in [0.2, 0.25) is 10.0 Å². The Balaban J connectivity index is 2.52. The van der Waals surface area contributed by atoms with E-state index in [1.807, 2.05) is 0 Å². The molecule has 1 aromatic rings. The van der Waals surface area contributed by atoms with Crippen LogP contribution in [-0.2, 0) is 20.9 Å². The average Bonchev–Trinajstić information content (AvgIpc) is 2.36. The highest BCUT2D eigenvalue weighted by Gasteiger charge is 2.40. The maximum Gasteiger partial charge on any atom is 0.417 e. The van der Waals surface area contributed by atoms with Crippen LogP contribution in [-0.4, -0.2) is 38.0 Å². The van der Waals surface area contributed by atoms with Gasteiger partial charge in [-0.3, -0.25) is 0 Å². The van der Waals surface area contributed by atoms with Crippen molar-refractivity contribution in [2.24, 2.45) is 0 Å². The summed E-state index contributed by atoms with van der Waals surface area (Å²) in [6, 6.07) is 2.93. The molecule has 9 heteroatoms. The lowest BCUT2D eigenvalue weighted by Crippen LogP contribution is -2.48. The lowest BCUT2D eigenvalue weighted by Gasteiger charge is -2.34. The quantitative estimate of drug-likeness (QED) is 0.763. The molecular weight excluding hydrogens is 387 g/mol. The highest BCUT2D eigenvalue weighted by molar-refractivity contribution is 9.10. The van der Waals surface area contributed by atoms with Gasteiger partial charge in [-0.05, 0) is 32.0 Å². The molecule has 4 nitrogen and oxygen atoms in total. The first-order valence-electron chi connectivity index (χ1n) is 6.54. The number of hydrogen-bond acceptors (Lipinski definition) is 3. The fourth-order valence-corrected chi connectivity index (χ4v) is 4.75. The molecule has 1 aliphatic heterocycles. The third-order valence-electron chi connectivity index (χ3n) is 3.25. The van der Waals surface area contributed by atoms with Crippen molar-refractivity contribution in [1.29, 1.82) is 0 Å². The molecular formula is C13H15BrF3NO3S. The van der Waals surface area contributed by atoms with Crippen LogP contribution < -0.4 is 0 Å². The molecule has 0 aromatic heterocycles. The maximum absolute atomic E-state index is 13.1. The van der Waals surface area contributed by atoms with E-state index in [9.17, 15) is 21.6 Å². The van der Waals surface area contributed by atoms with E-state index in [0.717, 1.165) is 16.4 Å². The number of nitrogens with zero attached hydrogens (tertiary/aromatic N) is 1. The monoisotopic (exact) mass is 401 g/mol. The molecule has 1 fully saturated rings. The molecule has 2 rings (SSSR count). The first-order chi connectivity index (χ1) is 10.0. The minimum Gasteiger partial charge on any atom is -0.373 e. The Morgan fingerprint density at radius 3 is 2.27 bits per heavy atom. The summed E-state index contributed by atoms with van der Waals surface area (Å²) in [5.41, 5.74) is -1.16. The number of alkyl halides is 3. The Hall–Kier alpha value is -0.640. The zero-order chi connectivity index (χ0) is 16.7. The van der Waals surface area contributed by atoms with Crippen molar-refractivity contribution < 1.29 is 26.3 Å². The van der Waals surface area contributed by atoms with Gasteiger partial charge in [0.25, 0.3) is 0 Å². The van der Waals surface area contributed by atoms with Crippen molar-refractivity contribution in [2.45, 2.75) is 37.1 Å². The molecule has 0 N–H and O–H groups in total. The minimum absolute atomic E-state index is 0.0243. The zero-order valence-electron chi connectivity index (χ0n) is 11.9. The summed E-state index contributed by atoms with van der Waals surface area (Å²) in [7, 11) is -4.26.